The molecule has 0 aliphatic carbocycles. The number of halogens is 1. The summed E-state index contributed by atoms with van der Waals surface area (Å²) in [4.78, 5) is 51.3. The molecular weight excluding hydrogens is 458 g/mol. The summed E-state index contributed by atoms with van der Waals surface area (Å²) in [7, 11) is 0. The molecule has 0 saturated carbocycles. The van der Waals surface area contributed by atoms with Gasteiger partial charge >= 0.3 is 5.97 Å². The van der Waals surface area contributed by atoms with Gasteiger partial charge in [-0.15, -0.1) is 12.4 Å². The second-order valence-corrected chi connectivity index (χ2v) is 8.26. The molecule has 1 heterocycles. The molecule has 0 radical (unpaired) electrons. The lowest BCUT2D eigenvalue weighted by Gasteiger charge is -2.25. The maximum Gasteiger partial charge on any atom is 0.327 e. The molecule has 8 nitrogen and oxygen atoms in total. The van der Waals surface area contributed by atoms with Crippen molar-refractivity contribution < 1.29 is 24.3 Å². The average Bonchev–Trinajstić information content (AvgIpc) is 3.21. The average molecular weight is 488 g/mol. The highest BCUT2D eigenvalue weighted by Crippen LogP contribution is 2.32. The Bertz CT molecular complexity index is 1030. The summed E-state index contributed by atoms with van der Waals surface area (Å²) < 4.78 is 0. The molecule has 1 aliphatic rings. The molecule has 0 aromatic heterocycles. The summed E-state index contributed by atoms with van der Waals surface area (Å²) >= 11 is 0. The summed E-state index contributed by atoms with van der Waals surface area (Å²) in [5.41, 5.74) is 2.15. The molecule has 0 saturated heterocycles. The first-order chi connectivity index (χ1) is 15.8. The van der Waals surface area contributed by atoms with E-state index in [0.29, 0.717) is 12.1 Å². The SMILES string of the molecule is CC[C@H](C)[C@H](NC(=O)Cc1ccccc1)C(=O)NCC(=O)N1c2ccccc2CC1C(=O)O.Cl. The second-order valence-electron chi connectivity index (χ2n) is 8.26. The molecule has 2 aromatic carbocycles. The topological polar surface area (TPSA) is 116 Å². The molecule has 3 amide bonds. The summed E-state index contributed by atoms with van der Waals surface area (Å²) in [5, 5.41) is 14.9. The van der Waals surface area contributed by atoms with Crippen LogP contribution >= 0.6 is 12.4 Å². The van der Waals surface area contributed by atoms with Gasteiger partial charge in [-0.2, -0.15) is 0 Å². The molecule has 0 fully saturated rings. The number of carboxylic acids is 1. The smallest absolute Gasteiger partial charge is 0.327 e. The van der Waals surface area contributed by atoms with E-state index in [2.05, 4.69) is 10.6 Å². The van der Waals surface area contributed by atoms with Crippen LogP contribution in [0.2, 0.25) is 0 Å². The zero-order chi connectivity index (χ0) is 24.0. The third kappa shape index (κ3) is 6.35. The molecule has 0 spiro atoms. The van der Waals surface area contributed by atoms with Crippen LogP contribution in [0.25, 0.3) is 0 Å². The van der Waals surface area contributed by atoms with Crippen molar-refractivity contribution in [3.63, 3.8) is 0 Å². The Morgan fingerprint density at radius 2 is 1.71 bits per heavy atom. The van der Waals surface area contributed by atoms with E-state index in [1.807, 2.05) is 44.2 Å². The van der Waals surface area contributed by atoms with E-state index in [9.17, 15) is 24.3 Å². The van der Waals surface area contributed by atoms with Crippen LogP contribution in [0.1, 0.15) is 31.4 Å². The minimum atomic E-state index is -1.10. The lowest BCUT2D eigenvalue weighted by molar-refractivity contribution is -0.139. The molecule has 3 atom stereocenters. The van der Waals surface area contributed by atoms with Gasteiger partial charge in [-0.3, -0.25) is 19.3 Å². The number of nitrogens with one attached hydrogen (secondary N) is 2. The molecule has 1 aliphatic heterocycles. The van der Waals surface area contributed by atoms with Gasteiger partial charge < -0.3 is 15.7 Å². The number of benzene rings is 2. The molecule has 0 bridgehead atoms. The summed E-state index contributed by atoms with van der Waals surface area (Å²) in [6, 6.07) is 14.4. The van der Waals surface area contributed by atoms with E-state index in [1.54, 1.807) is 24.3 Å². The van der Waals surface area contributed by atoms with Gasteiger partial charge in [0.25, 0.3) is 0 Å². The number of hydrogen-bond acceptors (Lipinski definition) is 4. The Labute approximate surface area is 205 Å². The molecule has 3 rings (SSSR count). The monoisotopic (exact) mass is 487 g/mol. The number of carbonyl (C=O) groups excluding carboxylic acids is 3. The standard InChI is InChI=1S/C25H29N3O5.ClH/c1-3-16(2)23(27-21(29)13-17-9-5-4-6-10-17)24(31)26-15-22(30)28-19-12-8-7-11-18(19)14-20(28)25(32)33;/h4-12,16,20,23H,3,13-15H2,1-2H3,(H,26,31)(H,27,29)(H,32,33);1H/t16-,20?,23-;/m0./s1. The zero-order valence-electron chi connectivity index (χ0n) is 19.2. The predicted octanol–water partition coefficient (Wildman–Crippen LogP) is 2.34. The van der Waals surface area contributed by atoms with Gasteiger partial charge in [-0.1, -0.05) is 68.8 Å². The number of amides is 3. The Morgan fingerprint density at radius 3 is 2.35 bits per heavy atom. The van der Waals surface area contributed by atoms with Gasteiger partial charge in [-0.05, 0) is 23.1 Å². The predicted molar refractivity (Wildman–Crippen MR) is 131 cm³/mol. The van der Waals surface area contributed by atoms with E-state index in [0.717, 1.165) is 11.1 Å². The fraction of sp³-hybridized carbons (Fsp3) is 0.360. The number of aliphatic carboxylic acids is 1. The van der Waals surface area contributed by atoms with Crippen LogP contribution < -0.4 is 15.5 Å². The highest BCUT2D eigenvalue weighted by atomic mass is 35.5. The van der Waals surface area contributed by atoms with Crippen LogP contribution in [0.15, 0.2) is 54.6 Å². The molecule has 2 aromatic rings. The number of hydrogen-bond donors (Lipinski definition) is 3. The van der Waals surface area contributed by atoms with E-state index < -0.39 is 29.9 Å². The van der Waals surface area contributed by atoms with Crippen LogP contribution in [0, 0.1) is 5.92 Å². The lowest BCUT2D eigenvalue weighted by atomic mass is 9.98. The van der Waals surface area contributed by atoms with Crippen molar-refractivity contribution in [2.75, 3.05) is 11.4 Å². The first kappa shape index (κ1) is 26.9. The highest BCUT2D eigenvalue weighted by Gasteiger charge is 2.38. The van der Waals surface area contributed by atoms with Crippen LogP contribution in [0.3, 0.4) is 0 Å². The van der Waals surface area contributed by atoms with Crippen LogP contribution in [0.5, 0.6) is 0 Å². The van der Waals surface area contributed by atoms with Crippen molar-refractivity contribution in [1.82, 2.24) is 10.6 Å². The largest absolute Gasteiger partial charge is 0.480 e. The summed E-state index contributed by atoms with van der Waals surface area (Å²) in [5.74, 6) is -2.53. The first-order valence-corrected chi connectivity index (χ1v) is 11.1. The number of para-hydroxylation sites is 1. The minimum Gasteiger partial charge on any atom is -0.480 e. The molecule has 34 heavy (non-hydrogen) atoms. The Morgan fingerprint density at radius 1 is 1.06 bits per heavy atom. The summed E-state index contributed by atoms with van der Waals surface area (Å²) in [6.45, 7) is 3.41. The third-order valence-electron chi connectivity index (χ3n) is 5.96. The Balaban J connectivity index is 0.00000408. The normalized spacial score (nSPS) is 15.9. The fourth-order valence-corrected chi connectivity index (χ4v) is 3.96. The molecule has 9 heteroatoms. The van der Waals surface area contributed by atoms with E-state index in [1.165, 1.54) is 4.90 Å². The Hall–Kier alpha value is -3.39. The van der Waals surface area contributed by atoms with Crippen molar-refractivity contribution in [1.29, 1.82) is 0 Å². The van der Waals surface area contributed by atoms with Crippen molar-refractivity contribution in [3.8, 4) is 0 Å². The van der Waals surface area contributed by atoms with E-state index in [-0.39, 0.29) is 43.6 Å². The number of rotatable bonds is 9. The number of nitrogens with zero attached hydrogens (tertiary/aromatic N) is 1. The van der Waals surface area contributed by atoms with Gasteiger partial charge in [0.05, 0.1) is 13.0 Å². The van der Waals surface area contributed by atoms with Crippen molar-refractivity contribution in [2.45, 2.75) is 45.2 Å². The third-order valence-corrected chi connectivity index (χ3v) is 5.96. The Kier molecular flexibility index (Phi) is 9.62. The van der Waals surface area contributed by atoms with Gasteiger partial charge in [-0.25, -0.2) is 4.79 Å². The first-order valence-electron chi connectivity index (χ1n) is 11.1. The van der Waals surface area contributed by atoms with Crippen molar-refractivity contribution in [2.24, 2.45) is 5.92 Å². The fourth-order valence-electron chi connectivity index (χ4n) is 3.96. The van der Waals surface area contributed by atoms with E-state index >= 15 is 0 Å². The van der Waals surface area contributed by atoms with Gasteiger partial charge in [0.1, 0.15) is 12.1 Å². The van der Waals surface area contributed by atoms with Crippen molar-refractivity contribution in [3.05, 3.63) is 65.7 Å². The number of fused-ring (bicyclic) bond motifs is 1. The number of carbonyl (C=O) groups is 4. The molecular formula is C25H30ClN3O5. The molecule has 3 N–H and O–H groups in total. The van der Waals surface area contributed by atoms with Crippen LogP contribution in [-0.4, -0.2) is 47.4 Å². The maximum atomic E-state index is 12.9. The highest BCUT2D eigenvalue weighted by molar-refractivity contribution is 6.04. The van der Waals surface area contributed by atoms with E-state index in [4.69, 9.17) is 0 Å². The summed E-state index contributed by atoms with van der Waals surface area (Å²) in [6.07, 6.45) is 1.01. The minimum absolute atomic E-state index is 0. The maximum absolute atomic E-state index is 12.9. The zero-order valence-corrected chi connectivity index (χ0v) is 20.0. The van der Waals surface area contributed by atoms with Crippen LogP contribution in [-0.2, 0) is 32.0 Å². The quantitative estimate of drug-likeness (QED) is 0.502. The molecule has 1 unspecified atom stereocenters. The van der Waals surface area contributed by atoms with Gasteiger partial charge in [0, 0.05) is 12.1 Å². The van der Waals surface area contributed by atoms with Gasteiger partial charge in [0.15, 0.2) is 0 Å². The van der Waals surface area contributed by atoms with Crippen LogP contribution in [0.4, 0.5) is 5.69 Å². The van der Waals surface area contributed by atoms with Gasteiger partial charge in [0.2, 0.25) is 17.7 Å². The molecule has 182 valence electrons. The number of carboxylic acid groups (broad SMARTS) is 1. The number of anilines is 1. The van der Waals surface area contributed by atoms with Crippen molar-refractivity contribution >= 4 is 41.8 Å². The second kappa shape index (κ2) is 12.2. The lowest BCUT2D eigenvalue weighted by Crippen LogP contribution is -2.53.